The number of hydrogen-bond donors (Lipinski definition) is 4. The second-order valence-corrected chi connectivity index (χ2v) is 13.4. The fourth-order valence-corrected chi connectivity index (χ4v) is 6.32. The molecular formula is C31H29ClFN7O2S. The third kappa shape index (κ3) is 6.51. The van der Waals surface area contributed by atoms with Crippen LogP contribution in [0.1, 0.15) is 41.6 Å². The molecule has 1 aliphatic heterocycles. The number of pyridine rings is 1. The maximum Gasteiger partial charge on any atom is 0.149 e. The zero-order valence-corrected chi connectivity index (χ0v) is 24.8. The topological polar surface area (TPSA) is 122 Å². The average Bonchev–Trinajstić information content (AvgIpc) is 3.72. The van der Waals surface area contributed by atoms with Crippen molar-refractivity contribution in [2.24, 2.45) is 0 Å². The van der Waals surface area contributed by atoms with Gasteiger partial charge in [0.15, 0.2) is 0 Å². The molecule has 0 radical (unpaired) electrons. The molecule has 0 saturated heterocycles. The van der Waals surface area contributed by atoms with Crippen LogP contribution in [0.25, 0.3) is 10.9 Å². The highest BCUT2D eigenvalue weighted by Gasteiger charge is 2.32. The molecule has 4 N–H and O–H groups in total. The van der Waals surface area contributed by atoms with Crippen LogP contribution in [0.15, 0.2) is 84.8 Å². The predicted octanol–water partition coefficient (Wildman–Crippen LogP) is 5.58. The molecule has 3 aromatic carbocycles. The number of nitriles is 1. The minimum atomic E-state index is -3.40. The Balaban J connectivity index is 1.42. The van der Waals surface area contributed by atoms with E-state index in [1.54, 1.807) is 18.2 Å². The van der Waals surface area contributed by atoms with E-state index < -0.39 is 21.9 Å². The molecule has 4 aromatic rings. The van der Waals surface area contributed by atoms with Crippen molar-refractivity contribution in [3.63, 3.8) is 0 Å². The number of nitrogens with zero attached hydrogens (tertiary/aromatic N) is 3. The van der Waals surface area contributed by atoms with Gasteiger partial charge in [0.2, 0.25) is 0 Å². The number of sulfone groups is 1. The average molecular weight is 618 g/mol. The summed E-state index contributed by atoms with van der Waals surface area (Å²) < 4.78 is 38.7. The maximum absolute atomic E-state index is 13.8. The predicted molar refractivity (Wildman–Crippen MR) is 166 cm³/mol. The van der Waals surface area contributed by atoms with Crippen molar-refractivity contribution in [3.05, 3.63) is 112 Å². The van der Waals surface area contributed by atoms with Gasteiger partial charge in [0, 0.05) is 35.8 Å². The van der Waals surface area contributed by atoms with E-state index in [2.05, 4.69) is 32.6 Å². The fourth-order valence-electron chi connectivity index (χ4n) is 5.17. The Morgan fingerprint density at radius 3 is 2.53 bits per heavy atom. The Morgan fingerprint density at radius 1 is 1.12 bits per heavy atom. The van der Waals surface area contributed by atoms with Crippen molar-refractivity contribution in [2.45, 2.75) is 31.0 Å². The largest absolute Gasteiger partial charge is 0.376 e. The molecule has 0 bridgehead atoms. The Morgan fingerprint density at radius 2 is 1.86 bits per heavy atom. The van der Waals surface area contributed by atoms with E-state index in [0.717, 1.165) is 29.7 Å². The number of benzene rings is 3. The second-order valence-electron chi connectivity index (χ2n) is 10.8. The van der Waals surface area contributed by atoms with Crippen molar-refractivity contribution in [1.82, 2.24) is 21.0 Å². The van der Waals surface area contributed by atoms with E-state index in [9.17, 15) is 18.1 Å². The third-order valence-corrected chi connectivity index (χ3v) is 8.64. The zero-order valence-electron chi connectivity index (χ0n) is 23.2. The molecule has 6 rings (SSSR count). The number of rotatable bonds is 10. The van der Waals surface area contributed by atoms with Crippen LogP contribution in [0.4, 0.5) is 15.8 Å². The molecule has 2 aliphatic rings. The summed E-state index contributed by atoms with van der Waals surface area (Å²) in [5.74, 6) is -0.524. The summed E-state index contributed by atoms with van der Waals surface area (Å²) in [4.78, 5) is 4.45. The SMILES string of the molecule is CS(=O)(=O)C[C@@H](Nc1c(C#N)cnc2c(Cl)cc(N[C@H](C3=CN(C4CC4)NN3)c3ccc(F)cc3)cc12)c1ccccc1. The summed E-state index contributed by atoms with van der Waals surface area (Å²) in [6.45, 7) is 0. The number of fused-ring (bicyclic) bond motifs is 1. The van der Waals surface area contributed by atoms with E-state index in [-0.39, 0.29) is 17.1 Å². The van der Waals surface area contributed by atoms with Crippen LogP contribution in [0, 0.1) is 17.1 Å². The first-order valence-electron chi connectivity index (χ1n) is 13.7. The quantitative estimate of drug-likeness (QED) is 0.181. The number of nitrogens with one attached hydrogen (secondary N) is 4. The number of anilines is 2. The molecule has 12 heteroatoms. The minimum Gasteiger partial charge on any atom is -0.376 e. The Hall–Kier alpha value is -4.37. The Bertz CT molecular complexity index is 1840. The van der Waals surface area contributed by atoms with Gasteiger partial charge in [-0.05, 0) is 48.2 Å². The van der Waals surface area contributed by atoms with E-state index in [1.165, 1.54) is 24.6 Å². The first-order chi connectivity index (χ1) is 20.7. The fraction of sp³-hybridized carbons (Fsp3) is 0.226. The molecule has 9 nitrogen and oxygen atoms in total. The summed E-state index contributed by atoms with van der Waals surface area (Å²) in [5, 5.41) is 19.8. The number of aromatic nitrogens is 1. The molecule has 43 heavy (non-hydrogen) atoms. The molecule has 0 unspecified atom stereocenters. The monoisotopic (exact) mass is 617 g/mol. The standard InChI is InChI=1S/C31H29ClFN7O2S/c1-43(41,42)18-28(19-5-3-2-4-6-19)37-29-21(15-34)16-35-31-25(29)13-23(14-26(31)32)36-30(20-7-9-22(33)10-8-20)27-17-40(39-38-27)24-11-12-24/h2-10,13-14,16-17,24,28,30,36,38-39H,11-12,18H2,1H3,(H,35,37)/t28-,30+/m1/s1. The third-order valence-electron chi connectivity index (χ3n) is 7.41. The van der Waals surface area contributed by atoms with E-state index in [4.69, 9.17) is 11.6 Å². The number of hydrazine groups is 2. The smallest absolute Gasteiger partial charge is 0.149 e. The van der Waals surface area contributed by atoms with Gasteiger partial charge in [-0.2, -0.15) is 5.26 Å². The maximum atomic E-state index is 13.8. The van der Waals surface area contributed by atoms with Gasteiger partial charge in [-0.1, -0.05) is 54.1 Å². The molecule has 1 aliphatic carbocycles. The summed E-state index contributed by atoms with van der Waals surface area (Å²) in [6, 6.07) is 20.6. The normalized spacial score (nSPS) is 16.2. The van der Waals surface area contributed by atoms with Crippen LogP contribution in [-0.4, -0.2) is 36.5 Å². The van der Waals surface area contributed by atoms with Gasteiger partial charge < -0.3 is 16.1 Å². The molecule has 1 fully saturated rings. The lowest BCUT2D eigenvalue weighted by atomic mass is 10.0. The van der Waals surface area contributed by atoms with Gasteiger partial charge in [0.1, 0.15) is 21.7 Å². The molecule has 0 amide bonds. The Kier molecular flexibility index (Phi) is 7.83. The number of halogens is 2. The van der Waals surface area contributed by atoms with Crippen LogP contribution < -0.4 is 21.6 Å². The van der Waals surface area contributed by atoms with Crippen molar-refractivity contribution in [3.8, 4) is 6.07 Å². The van der Waals surface area contributed by atoms with E-state index >= 15 is 0 Å². The van der Waals surface area contributed by atoms with Crippen molar-refractivity contribution in [2.75, 3.05) is 22.6 Å². The van der Waals surface area contributed by atoms with Crippen LogP contribution >= 0.6 is 11.6 Å². The molecule has 2 atom stereocenters. The van der Waals surface area contributed by atoms with Gasteiger partial charge >= 0.3 is 0 Å². The summed E-state index contributed by atoms with van der Waals surface area (Å²) in [6.07, 6.45) is 6.81. The molecule has 1 aromatic heterocycles. The summed E-state index contributed by atoms with van der Waals surface area (Å²) in [7, 11) is -3.40. The molecule has 1 saturated carbocycles. The van der Waals surface area contributed by atoms with E-state index in [0.29, 0.717) is 33.3 Å². The van der Waals surface area contributed by atoms with Crippen LogP contribution in [0.2, 0.25) is 5.02 Å². The van der Waals surface area contributed by atoms with Crippen molar-refractivity contribution < 1.29 is 12.8 Å². The lowest BCUT2D eigenvalue weighted by Gasteiger charge is -2.24. The minimum absolute atomic E-state index is 0.186. The molecule has 2 heterocycles. The van der Waals surface area contributed by atoms with Gasteiger partial charge in [0.25, 0.3) is 0 Å². The van der Waals surface area contributed by atoms with Crippen LogP contribution in [-0.2, 0) is 9.84 Å². The van der Waals surface area contributed by atoms with Gasteiger partial charge in [-0.25, -0.2) is 12.8 Å². The first kappa shape index (κ1) is 28.7. The van der Waals surface area contributed by atoms with E-state index in [1.807, 2.05) is 47.6 Å². The molecular weight excluding hydrogens is 589 g/mol. The first-order valence-corrected chi connectivity index (χ1v) is 16.2. The summed E-state index contributed by atoms with van der Waals surface area (Å²) >= 11 is 6.76. The van der Waals surface area contributed by atoms with Gasteiger partial charge in [-0.15, -0.1) is 5.53 Å². The lowest BCUT2D eigenvalue weighted by molar-refractivity contribution is 0.260. The Labute approximate surface area is 254 Å². The van der Waals surface area contributed by atoms with Crippen molar-refractivity contribution >= 4 is 43.7 Å². The van der Waals surface area contributed by atoms with Gasteiger partial charge in [0.05, 0.1) is 45.3 Å². The zero-order chi connectivity index (χ0) is 30.1. The van der Waals surface area contributed by atoms with Gasteiger partial charge in [-0.3, -0.25) is 9.99 Å². The molecule has 220 valence electrons. The highest BCUT2D eigenvalue weighted by atomic mass is 35.5. The van der Waals surface area contributed by atoms with Crippen LogP contribution in [0.3, 0.4) is 0 Å². The molecule has 0 spiro atoms. The number of hydrogen-bond acceptors (Lipinski definition) is 9. The van der Waals surface area contributed by atoms with Crippen molar-refractivity contribution in [1.29, 1.82) is 5.26 Å². The lowest BCUT2D eigenvalue weighted by Crippen LogP contribution is -2.38. The second kappa shape index (κ2) is 11.7. The highest BCUT2D eigenvalue weighted by molar-refractivity contribution is 7.90. The highest BCUT2D eigenvalue weighted by Crippen LogP contribution is 2.38. The summed E-state index contributed by atoms with van der Waals surface area (Å²) in [5.41, 5.74) is 10.6. The van der Waals surface area contributed by atoms with Crippen LogP contribution in [0.5, 0.6) is 0 Å².